The fourth-order valence-electron chi connectivity index (χ4n) is 9.40. The van der Waals surface area contributed by atoms with Gasteiger partial charge in [-0.25, -0.2) is 0 Å². The molecule has 1 heteroatoms. The molecule has 0 aliphatic heterocycles. The molecule has 0 atom stereocenters. The van der Waals surface area contributed by atoms with Crippen molar-refractivity contribution in [3.05, 3.63) is 193 Å². The summed E-state index contributed by atoms with van der Waals surface area (Å²) in [6, 6.07) is 68.0. The number of hydrogen-bond acceptors (Lipinski definition) is 0. The first-order chi connectivity index (χ1) is 27.2. The van der Waals surface area contributed by atoms with Gasteiger partial charge >= 0.3 is 328 Å². The predicted molar refractivity (Wildman–Crippen MR) is 240 cm³/mol. The molecule has 55 heavy (non-hydrogen) atoms. The third-order valence-electron chi connectivity index (χ3n) is 11.7. The first-order valence-corrected chi connectivity index (χ1v) is 20.8. The first-order valence-electron chi connectivity index (χ1n) is 19.1. The van der Waals surface area contributed by atoms with Crippen LogP contribution < -0.4 is 0 Å². The van der Waals surface area contributed by atoms with Crippen LogP contribution in [0.15, 0.2) is 182 Å². The maximum absolute atomic E-state index is 2.49. The summed E-state index contributed by atoms with van der Waals surface area (Å²) in [5.74, 6) is 0. The topological polar surface area (TPSA) is 0 Å². The van der Waals surface area contributed by atoms with Gasteiger partial charge in [0.15, 0.2) is 0 Å². The van der Waals surface area contributed by atoms with Crippen molar-refractivity contribution >= 4 is 76.9 Å². The summed E-state index contributed by atoms with van der Waals surface area (Å²) in [6.45, 7) is 4.50. The summed E-state index contributed by atoms with van der Waals surface area (Å²) in [5, 5.41) is 13.2. The zero-order valence-electron chi connectivity index (χ0n) is 30.7. The Balaban J connectivity index is 1.18. The van der Waals surface area contributed by atoms with Crippen LogP contribution in [-0.2, 0) is 0 Å². The molecular formula is C54H36Se. The maximum atomic E-state index is 2.49. The van der Waals surface area contributed by atoms with E-state index in [4.69, 9.17) is 0 Å². The minimum atomic E-state index is 0.161. The molecule has 11 aromatic rings. The van der Waals surface area contributed by atoms with Gasteiger partial charge in [0.25, 0.3) is 0 Å². The molecule has 0 spiro atoms. The zero-order valence-corrected chi connectivity index (χ0v) is 32.4. The summed E-state index contributed by atoms with van der Waals surface area (Å²) in [5.41, 5.74) is 13.2. The van der Waals surface area contributed by atoms with Gasteiger partial charge in [0.2, 0.25) is 0 Å². The molecule has 0 unspecified atom stereocenters. The SMILES string of the molecule is Cc1cccc(C)c1-c1c2ccccc2c(-c2cccc3c2[se]c2ccc(-c4c5ccccc5c(-c5ccccc5)c5ccccc45)cc23)c2ccccc12. The van der Waals surface area contributed by atoms with Crippen molar-refractivity contribution in [3.8, 4) is 44.5 Å². The van der Waals surface area contributed by atoms with Crippen LogP contribution in [0.1, 0.15) is 11.1 Å². The molecule has 10 aromatic carbocycles. The van der Waals surface area contributed by atoms with Crippen molar-refractivity contribution in [2.24, 2.45) is 0 Å². The predicted octanol–water partition coefficient (Wildman–Crippen LogP) is 14.9. The molecule has 1 aromatic heterocycles. The molecule has 0 fully saturated rings. The Bertz CT molecular complexity index is 3190. The quantitative estimate of drug-likeness (QED) is 0.124. The van der Waals surface area contributed by atoms with Gasteiger partial charge < -0.3 is 0 Å². The van der Waals surface area contributed by atoms with E-state index in [2.05, 4.69) is 196 Å². The van der Waals surface area contributed by atoms with Crippen molar-refractivity contribution in [1.29, 1.82) is 0 Å². The monoisotopic (exact) mass is 764 g/mol. The molecule has 258 valence electrons. The average molecular weight is 764 g/mol. The summed E-state index contributed by atoms with van der Waals surface area (Å²) >= 11 is 0.161. The van der Waals surface area contributed by atoms with Crippen LogP contribution in [0, 0.1) is 13.8 Å². The van der Waals surface area contributed by atoms with Crippen LogP contribution in [0.5, 0.6) is 0 Å². The van der Waals surface area contributed by atoms with E-state index in [1.807, 2.05) is 0 Å². The van der Waals surface area contributed by atoms with Crippen molar-refractivity contribution in [1.82, 2.24) is 0 Å². The van der Waals surface area contributed by atoms with Crippen LogP contribution in [0.4, 0.5) is 0 Å². The summed E-state index contributed by atoms with van der Waals surface area (Å²) in [4.78, 5) is 0. The van der Waals surface area contributed by atoms with Gasteiger partial charge in [-0.05, 0) is 0 Å². The third kappa shape index (κ3) is 4.91. The van der Waals surface area contributed by atoms with Gasteiger partial charge in [0.05, 0.1) is 0 Å². The Morgan fingerprint density at radius 1 is 0.291 bits per heavy atom. The van der Waals surface area contributed by atoms with Gasteiger partial charge in [-0.1, -0.05) is 0 Å². The molecule has 0 aliphatic rings. The van der Waals surface area contributed by atoms with E-state index in [1.54, 1.807) is 0 Å². The fourth-order valence-corrected chi connectivity index (χ4v) is 11.9. The molecule has 0 saturated carbocycles. The Kier molecular flexibility index (Phi) is 7.42. The number of benzene rings is 10. The number of rotatable bonds is 4. The zero-order chi connectivity index (χ0) is 36.6. The molecular weight excluding hydrogens is 728 g/mol. The average Bonchev–Trinajstić information content (AvgIpc) is 3.61. The minimum absolute atomic E-state index is 0.161. The van der Waals surface area contributed by atoms with Crippen molar-refractivity contribution in [3.63, 3.8) is 0 Å². The molecule has 0 bridgehead atoms. The second-order valence-electron chi connectivity index (χ2n) is 14.8. The molecule has 1 heterocycles. The van der Waals surface area contributed by atoms with Gasteiger partial charge in [-0.2, -0.15) is 0 Å². The molecule has 0 aliphatic carbocycles. The van der Waals surface area contributed by atoms with E-state index in [0.717, 1.165) is 0 Å². The molecule has 0 radical (unpaired) electrons. The second-order valence-corrected chi connectivity index (χ2v) is 17.0. The van der Waals surface area contributed by atoms with E-state index in [0.29, 0.717) is 0 Å². The molecule has 11 rings (SSSR count). The van der Waals surface area contributed by atoms with Crippen LogP contribution in [0.3, 0.4) is 0 Å². The van der Waals surface area contributed by atoms with Gasteiger partial charge in [-0.15, -0.1) is 0 Å². The molecule has 0 saturated heterocycles. The van der Waals surface area contributed by atoms with E-state index in [1.165, 1.54) is 118 Å². The van der Waals surface area contributed by atoms with Crippen LogP contribution >= 0.6 is 0 Å². The van der Waals surface area contributed by atoms with Crippen LogP contribution in [0.2, 0.25) is 0 Å². The van der Waals surface area contributed by atoms with Crippen molar-refractivity contribution in [2.45, 2.75) is 13.8 Å². The van der Waals surface area contributed by atoms with E-state index >= 15 is 0 Å². The van der Waals surface area contributed by atoms with Gasteiger partial charge in [0, 0.05) is 0 Å². The Hall–Kier alpha value is -6.24. The molecule has 0 amide bonds. The Morgan fingerprint density at radius 2 is 0.727 bits per heavy atom. The second kappa shape index (κ2) is 12.7. The summed E-state index contributed by atoms with van der Waals surface area (Å²) in [6.07, 6.45) is 0. The van der Waals surface area contributed by atoms with E-state index in [-0.39, 0.29) is 14.5 Å². The van der Waals surface area contributed by atoms with Gasteiger partial charge in [0.1, 0.15) is 0 Å². The van der Waals surface area contributed by atoms with E-state index in [9.17, 15) is 0 Å². The van der Waals surface area contributed by atoms with Crippen molar-refractivity contribution in [2.75, 3.05) is 0 Å². The first kappa shape index (κ1) is 32.2. The standard InChI is InChI=1S/C54H36Se/c1-33-16-14-17-34(2)49(33)53-43-26-12-10-24-41(43)52(42-25-11-13-27-44(42)53)46-29-15-28-45-47-32-36(30-31-48(47)55-54(45)46)51-39-22-8-6-20-37(39)50(35-18-4-3-5-19-35)38-21-7-9-23-40(38)51/h3-32H,1-2H3. The normalized spacial score (nSPS) is 11.8. The summed E-state index contributed by atoms with van der Waals surface area (Å²) < 4.78 is 2.93. The summed E-state index contributed by atoms with van der Waals surface area (Å²) in [7, 11) is 0. The Labute approximate surface area is 326 Å². The fraction of sp³-hybridized carbons (Fsp3) is 0.0370. The third-order valence-corrected chi connectivity index (χ3v) is 14.3. The van der Waals surface area contributed by atoms with Gasteiger partial charge in [-0.3, -0.25) is 0 Å². The number of fused-ring (bicyclic) bond motifs is 7. The van der Waals surface area contributed by atoms with Crippen molar-refractivity contribution < 1.29 is 0 Å². The molecule has 0 N–H and O–H groups in total. The van der Waals surface area contributed by atoms with Crippen LogP contribution in [-0.4, -0.2) is 14.5 Å². The van der Waals surface area contributed by atoms with Crippen LogP contribution in [0.25, 0.3) is 107 Å². The number of hydrogen-bond donors (Lipinski definition) is 0. The molecule has 0 nitrogen and oxygen atoms in total. The Morgan fingerprint density at radius 3 is 1.27 bits per heavy atom. The van der Waals surface area contributed by atoms with E-state index < -0.39 is 0 Å². The number of aryl methyl sites for hydroxylation is 2.